The smallest absolute Gasteiger partial charge is 0.124 e. The van der Waals surface area contributed by atoms with Crippen LogP contribution in [0, 0.1) is 0 Å². The maximum absolute atomic E-state index is 5.83. The van der Waals surface area contributed by atoms with Crippen LogP contribution in [0.25, 0.3) is 0 Å². The molecule has 1 unspecified atom stereocenters. The highest BCUT2D eigenvalue weighted by Crippen LogP contribution is 2.20. The molecule has 1 N–H and O–H groups in total. The molecule has 0 spiro atoms. The van der Waals surface area contributed by atoms with Crippen LogP contribution in [-0.4, -0.2) is 11.1 Å². The van der Waals surface area contributed by atoms with Gasteiger partial charge in [-0.15, -0.1) is 0 Å². The van der Waals surface area contributed by atoms with Gasteiger partial charge >= 0.3 is 0 Å². The van der Waals surface area contributed by atoms with Crippen LogP contribution < -0.4 is 10.1 Å². The second-order valence-electron chi connectivity index (χ2n) is 5.13. The molecule has 0 aliphatic heterocycles. The quantitative estimate of drug-likeness (QED) is 0.868. The zero-order valence-electron chi connectivity index (χ0n) is 12.3. The Bertz CT molecular complexity index is 526. The van der Waals surface area contributed by atoms with E-state index in [9.17, 15) is 0 Å². The Hall–Kier alpha value is -1.87. The number of hydrogen-bond acceptors (Lipinski definition) is 3. The molecule has 0 fully saturated rings. The van der Waals surface area contributed by atoms with E-state index >= 15 is 0 Å². The van der Waals surface area contributed by atoms with E-state index in [1.807, 2.05) is 56.4 Å². The summed E-state index contributed by atoms with van der Waals surface area (Å²) in [4.78, 5) is 4.37. The van der Waals surface area contributed by atoms with Gasteiger partial charge < -0.3 is 10.1 Å². The number of pyridine rings is 1. The van der Waals surface area contributed by atoms with Gasteiger partial charge in [-0.3, -0.25) is 4.98 Å². The van der Waals surface area contributed by atoms with Crippen LogP contribution in [0.15, 0.2) is 48.7 Å². The normalized spacial score (nSPS) is 12.4. The summed E-state index contributed by atoms with van der Waals surface area (Å²) >= 11 is 0. The van der Waals surface area contributed by atoms with Gasteiger partial charge in [0.05, 0.1) is 11.8 Å². The van der Waals surface area contributed by atoms with E-state index in [4.69, 9.17) is 4.74 Å². The summed E-state index contributed by atoms with van der Waals surface area (Å²) in [5.74, 6) is 0.947. The molecule has 20 heavy (non-hydrogen) atoms. The molecule has 1 heterocycles. The lowest BCUT2D eigenvalue weighted by Gasteiger charge is -2.17. The maximum atomic E-state index is 5.83. The summed E-state index contributed by atoms with van der Waals surface area (Å²) in [6, 6.07) is 14.3. The summed E-state index contributed by atoms with van der Waals surface area (Å²) in [6.07, 6.45) is 2.01. The fourth-order valence-electron chi connectivity index (χ4n) is 2.02. The van der Waals surface area contributed by atoms with Crippen LogP contribution >= 0.6 is 0 Å². The standard InChI is InChI=1S/C17H22N2O/c1-13(2)20-17-10-5-4-8-15(17)12-19-14(3)16-9-6-7-11-18-16/h4-11,13-14,19H,12H2,1-3H3. The molecule has 1 atom stereocenters. The zero-order valence-corrected chi connectivity index (χ0v) is 12.3. The van der Waals surface area contributed by atoms with Gasteiger partial charge in [-0.25, -0.2) is 0 Å². The highest BCUT2D eigenvalue weighted by molar-refractivity contribution is 5.33. The van der Waals surface area contributed by atoms with Crippen LogP contribution in [0.2, 0.25) is 0 Å². The third-order valence-corrected chi connectivity index (χ3v) is 3.07. The molecule has 0 aliphatic carbocycles. The van der Waals surface area contributed by atoms with E-state index in [1.54, 1.807) is 0 Å². The monoisotopic (exact) mass is 270 g/mol. The van der Waals surface area contributed by atoms with Crippen LogP contribution in [0.3, 0.4) is 0 Å². The number of benzene rings is 1. The third-order valence-electron chi connectivity index (χ3n) is 3.07. The van der Waals surface area contributed by atoms with Gasteiger partial charge in [-0.1, -0.05) is 24.3 Å². The molecule has 3 heteroatoms. The maximum Gasteiger partial charge on any atom is 0.124 e. The number of hydrogen-bond donors (Lipinski definition) is 1. The Morgan fingerprint density at radius 1 is 1.05 bits per heavy atom. The van der Waals surface area contributed by atoms with E-state index in [-0.39, 0.29) is 12.1 Å². The van der Waals surface area contributed by atoms with Gasteiger partial charge in [0.2, 0.25) is 0 Å². The van der Waals surface area contributed by atoms with Crippen molar-refractivity contribution >= 4 is 0 Å². The molecule has 3 nitrogen and oxygen atoms in total. The summed E-state index contributed by atoms with van der Waals surface area (Å²) in [5.41, 5.74) is 2.22. The molecule has 1 aromatic heterocycles. The first-order valence-electron chi connectivity index (χ1n) is 7.05. The van der Waals surface area contributed by atoms with E-state index in [2.05, 4.69) is 23.3 Å². The number of para-hydroxylation sites is 1. The Labute approximate surface area is 121 Å². The van der Waals surface area contributed by atoms with Gasteiger partial charge in [0.25, 0.3) is 0 Å². The SMILES string of the molecule is CC(C)Oc1ccccc1CNC(C)c1ccccn1. The molecular formula is C17H22N2O. The highest BCUT2D eigenvalue weighted by Gasteiger charge is 2.08. The first-order valence-corrected chi connectivity index (χ1v) is 7.05. The number of ether oxygens (including phenoxy) is 1. The Kier molecular flexibility index (Phi) is 5.13. The molecule has 0 aliphatic rings. The fourth-order valence-corrected chi connectivity index (χ4v) is 2.02. The summed E-state index contributed by atoms with van der Waals surface area (Å²) in [7, 11) is 0. The lowest BCUT2D eigenvalue weighted by atomic mass is 10.1. The van der Waals surface area contributed by atoms with E-state index in [0.29, 0.717) is 0 Å². The van der Waals surface area contributed by atoms with Crippen molar-refractivity contribution in [3.8, 4) is 5.75 Å². The minimum atomic E-state index is 0.185. The summed E-state index contributed by atoms with van der Waals surface area (Å²) < 4.78 is 5.83. The van der Waals surface area contributed by atoms with Gasteiger partial charge in [0.15, 0.2) is 0 Å². The molecule has 2 aromatic rings. The first-order chi connectivity index (χ1) is 9.66. The van der Waals surface area contributed by atoms with Crippen molar-refractivity contribution in [2.45, 2.75) is 39.5 Å². The molecular weight excluding hydrogens is 248 g/mol. The predicted octanol–water partition coefficient (Wildman–Crippen LogP) is 3.72. The van der Waals surface area contributed by atoms with Crippen molar-refractivity contribution in [3.05, 3.63) is 59.9 Å². The lowest BCUT2D eigenvalue weighted by molar-refractivity contribution is 0.239. The number of rotatable bonds is 6. The molecule has 0 saturated carbocycles. The molecule has 106 valence electrons. The average Bonchev–Trinajstić information content (AvgIpc) is 2.46. The van der Waals surface area contributed by atoms with Crippen molar-refractivity contribution in [2.24, 2.45) is 0 Å². The topological polar surface area (TPSA) is 34.1 Å². The average molecular weight is 270 g/mol. The fraction of sp³-hybridized carbons (Fsp3) is 0.353. The van der Waals surface area contributed by atoms with Crippen LogP contribution in [0.1, 0.15) is 38.1 Å². The number of nitrogens with zero attached hydrogens (tertiary/aromatic N) is 1. The molecule has 0 radical (unpaired) electrons. The zero-order chi connectivity index (χ0) is 14.4. The predicted molar refractivity (Wildman–Crippen MR) is 81.7 cm³/mol. The second kappa shape index (κ2) is 7.06. The summed E-state index contributed by atoms with van der Waals surface area (Å²) in [5, 5.41) is 3.49. The first kappa shape index (κ1) is 14.5. The Morgan fingerprint density at radius 2 is 1.80 bits per heavy atom. The van der Waals surface area contributed by atoms with Crippen molar-refractivity contribution in [2.75, 3.05) is 0 Å². The Balaban J connectivity index is 2.00. The van der Waals surface area contributed by atoms with E-state index in [0.717, 1.165) is 18.0 Å². The number of nitrogens with one attached hydrogen (secondary N) is 1. The van der Waals surface area contributed by atoms with Crippen molar-refractivity contribution in [3.63, 3.8) is 0 Å². The van der Waals surface area contributed by atoms with Gasteiger partial charge in [-0.05, 0) is 39.0 Å². The summed E-state index contributed by atoms with van der Waals surface area (Å²) in [6.45, 7) is 6.97. The van der Waals surface area contributed by atoms with E-state index < -0.39 is 0 Å². The minimum Gasteiger partial charge on any atom is -0.491 e. The molecule has 0 bridgehead atoms. The highest BCUT2D eigenvalue weighted by atomic mass is 16.5. The van der Waals surface area contributed by atoms with Crippen LogP contribution in [0.5, 0.6) is 5.75 Å². The minimum absolute atomic E-state index is 0.185. The van der Waals surface area contributed by atoms with Gasteiger partial charge in [-0.2, -0.15) is 0 Å². The molecule has 2 rings (SSSR count). The lowest BCUT2D eigenvalue weighted by Crippen LogP contribution is -2.20. The van der Waals surface area contributed by atoms with Crippen molar-refractivity contribution in [1.82, 2.24) is 10.3 Å². The second-order valence-corrected chi connectivity index (χ2v) is 5.13. The third kappa shape index (κ3) is 4.07. The van der Waals surface area contributed by atoms with Gasteiger partial charge in [0, 0.05) is 24.3 Å². The van der Waals surface area contributed by atoms with Crippen LogP contribution in [-0.2, 0) is 6.54 Å². The van der Waals surface area contributed by atoms with Crippen molar-refractivity contribution < 1.29 is 4.74 Å². The molecule has 0 saturated heterocycles. The number of aromatic nitrogens is 1. The van der Waals surface area contributed by atoms with Gasteiger partial charge in [0.1, 0.15) is 5.75 Å². The van der Waals surface area contributed by atoms with Crippen molar-refractivity contribution in [1.29, 1.82) is 0 Å². The van der Waals surface area contributed by atoms with E-state index in [1.165, 1.54) is 5.56 Å². The molecule has 1 aromatic carbocycles. The molecule has 0 amide bonds. The van der Waals surface area contributed by atoms with Crippen LogP contribution in [0.4, 0.5) is 0 Å². The largest absolute Gasteiger partial charge is 0.491 e. The Morgan fingerprint density at radius 3 is 2.50 bits per heavy atom.